The zero-order chi connectivity index (χ0) is 20.0. The molecule has 1 aromatic carbocycles. The summed E-state index contributed by atoms with van der Waals surface area (Å²) >= 11 is 0. The van der Waals surface area contributed by atoms with Crippen LogP contribution in [0.1, 0.15) is 13.8 Å². The van der Waals surface area contributed by atoms with E-state index in [0.29, 0.717) is 5.69 Å². The standard InChI is InChI=1S/C10H12FNO.C4F6O2/c1-7(2)10(13)12-9-5-3-8(11)4-6-9;5-3(6,7)1(11)2(12)4(8,9)10/h3-7H,1-2H3,(H,12,13);. The number of hydrogen-bond acceptors (Lipinski definition) is 3. The smallest absolute Gasteiger partial charge is 0.326 e. The Balaban J connectivity index is 0.000000463. The summed E-state index contributed by atoms with van der Waals surface area (Å²) < 4.78 is 79.4. The molecule has 0 atom stereocenters. The molecule has 140 valence electrons. The molecule has 0 saturated heterocycles. The minimum atomic E-state index is -5.77. The van der Waals surface area contributed by atoms with E-state index in [1.54, 1.807) is 13.8 Å². The molecule has 0 radical (unpaired) electrons. The fraction of sp³-hybridized carbons (Fsp3) is 0.357. The van der Waals surface area contributed by atoms with E-state index >= 15 is 0 Å². The summed E-state index contributed by atoms with van der Waals surface area (Å²) in [5.41, 5.74) is 0.625. The van der Waals surface area contributed by atoms with Gasteiger partial charge in [-0.05, 0) is 24.3 Å². The molecule has 0 unspecified atom stereocenters. The van der Waals surface area contributed by atoms with Gasteiger partial charge in [0.2, 0.25) is 5.91 Å². The lowest BCUT2D eigenvalue weighted by Crippen LogP contribution is -2.39. The van der Waals surface area contributed by atoms with Gasteiger partial charge in [0.15, 0.2) is 0 Å². The molecule has 0 aromatic heterocycles. The average molecular weight is 375 g/mol. The van der Waals surface area contributed by atoms with E-state index in [1.807, 2.05) is 0 Å². The van der Waals surface area contributed by atoms with Gasteiger partial charge in [0.1, 0.15) is 5.82 Å². The molecular weight excluding hydrogens is 363 g/mol. The molecule has 11 heteroatoms. The van der Waals surface area contributed by atoms with Crippen molar-refractivity contribution in [3.05, 3.63) is 30.1 Å². The fourth-order valence-electron chi connectivity index (χ4n) is 1.08. The van der Waals surface area contributed by atoms with Crippen molar-refractivity contribution in [2.24, 2.45) is 5.92 Å². The SMILES string of the molecule is CC(C)C(=O)Nc1ccc(F)cc1.O=C(C(=O)C(F)(F)F)C(F)(F)F. The molecule has 1 N–H and O–H groups in total. The second-order valence-electron chi connectivity index (χ2n) is 4.80. The van der Waals surface area contributed by atoms with E-state index in [2.05, 4.69) is 5.32 Å². The van der Waals surface area contributed by atoms with E-state index in [0.717, 1.165) is 0 Å². The van der Waals surface area contributed by atoms with Crippen molar-refractivity contribution in [1.29, 1.82) is 0 Å². The van der Waals surface area contributed by atoms with Crippen LogP contribution >= 0.6 is 0 Å². The molecule has 1 rings (SSSR count). The molecule has 25 heavy (non-hydrogen) atoms. The number of rotatable bonds is 3. The third-order valence-corrected chi connectivity index (χ3v) is 2.36. The van der Waals surface area contributed by atoms with Gasteiger partial charge >= 0.3 is 23.9 Å². The highest BCUT2D eigenvalue weighted by atomic mass is 19.4. The Bertz CT molecular complexity index is 595. The first-order chi connectivity index (χ1) is 11.2. The third kappa shape index (κ3) is 8.27. The fourth-order valence-corrected chi connectivity index (χ4v) is 1.08. The number of alkyl halides is 6. The van der Waals surface area contributed by atoms with Gasteiger partial charge in [0.25, 0.3) is 0 Å². The Kier molecular flexibility index (Phi) is 7.74. The second kappa shape index (κ2) is 8.58. The molecule has 1 amide bonds. The monoisotopic (exact) mass is 375 g/mol. The van der Waals surface area contributed by atoms with Gasteiger partial charge in [0, 0.05) is 11.6 Å². The second-order valence-corrected chi connectivity index (χ2v) is 4.80. The maximum absolute atomic E-state index is 12.5. The lowest BCUT2D eigenvalue weighted by Gasteiger charge is -2.06. The quantitative estimate of drug-likeness (QED) is 0.648. The Morgan fingerprint density at radius 1 is 0.840 bits per heavy atom. The molecule has 0 heterocycles. The molecular formula is C14H12F7NO3. The van der Waals surface area contributed by atoms with Crippen LogP contribution in [0.2, 0.25) is 0 Å². The van der Waals surface area contributed by atoms with Gasteiger partial charge in [-0.25, -0.2) is 4.39 Å². The number of Topliss-reactive ketones (excluding diaryl/α,β-unsaturated/α-hetero) is 2. The largest absolute Gasteiger partial charge is 0.458 e. The van der Waals surface area contributed by atoms with Crippen molar-refractivity contribution in [3.8, 4) is 0 Å². The van der Waals surface area contributed by atoms with Crippen LogP contribution in [0.3, 0.4) is 0 Å². The normalized spacial score (nSPS) is 11.4. The Morgan fingerprint density at radius 3 is 1.48 bits per heavy atom. The van der Waals surface area contributed by atoms with E-state index in [4.69, 9.17) is 0 Å². The van der Waals surface area contributed by atoms with Gasteiger partial charge in [-0.2, -0.15) is 26.3 Å². The molecule has 0 fully saturated rings. The minimum absolute atomic E-state index is 0.0633. The zero-order valence-corrected chi connectivity index (χ0v) is 12.8. The predicted molar refractivity (Wildman–Crippen MR) is 72.0 cm³/mol. The van der Waals surface area contributed by atoms with E-state index in [9.17, 15) is 45.1 Å². The summed E-state index contributed by atoms with van der Waals surface area (Å²) in [6.45, 7) is 3.61. The molecule has 4 nitrogen and oxygen atoms in total. The van der Waals surface area contributed by atoms with Crippen molar-refractivity contribution in [2.45, 2.75) is 26.2 Å². The molecule has 0 spiro atoms. The first kappa shape index (κ1) is 22.5. The molecule has 0 aliphatic carbocycles. The number of carbonyl (C=O) groups excluding carboxylic acids is 3. The zero-order valence-electron chi connectivity index (χ0n) is 12.8. The van der Waals surface area contributed by atoms with Crippen LogP contribution in [0.4, 0.5) is 36.4 Å². The summed E-state index contributed by atoms with van der Waals surface area (Å²) in [5, 5.41) is 2.66. The maximum Gasteiger partial charge on any atom is 0.458 e. The number of amides is 1. The van der Waals surface area contributed by atoms with Crippen molar-refractivity contribution in [2.75, 3.05) is 5.32 Å². The van der Waals surface area contributed by atoms with Crippen LogP contribution in [0.5, 0.6) is 0 Å². The number of ketones is 2. The van der Waals surface area contributed by atoms with E-state index in [-0.39, 0.29) is 17.6 Å². The Morgan fingerprint density at radius 2 is 1.20 bits per heavy atom. The lowest BCUT2D eigenvalue weighted by atomic mass is 10.2. The number of benzene rings is 1. The summed E-state index contributed by atoms with van der Waals surface area (Å²) in [6, 6.07) is 5.71. The minimum Gasteiger partial charge on any atom is -0.326 e. The number of carbonyl (C=O) groups is 3. The third-order valence-electron chi connectivity index (χ3n) is 2.36. The Labute approximate surface area is 137 Å². The van der Waals surface area contributed by atoms with Gasteiger partial charge in [0.05, 0.1) is 0 Å². The molecule has 0 aliphatic rings. The van der Waals surface area contributed by atoms with Gasteiger partial charge in [-0.3, -0.25) is 14.4 Å². The number of halogens is 7. The first-order valence-electron chi connectivity index (χ1n) is 6.45. The van der Waals surface area contributed by atoms with Crippen LogP contribution in [0, 0.1) is 11.7 Å². The van der Waals surface area contributed by atoms with Crippen LogP contribution < -0.4 is 5.32 Å². The van der Waals surface area contributed by atoms with Crippen molar-refractivity contribution in [3.63, 3.8) is 0 Å². The predicted octanol–water partition coefficient (Wildman–Crippen LogP) is 3.67. The summed E-state index contributed by atoms with van der Waals surface area (Å²) in [5.74, 6) is -7.25. The summed E-state index contributed by atoms with van der Waals surface area (Å²) in [4.78, 5) is 30.4. The topological polar surface area (TPSA) is 63.2 Å². The molecule has 0 saturated carbocycles. The lowest BCUT2D eigenvalue weighted by molar-refractivity contribution is -0.193. The summed E-state index contributed by atoms with van der Waals surface area (Å²) in [6.07, 6.45) is -11.5. The summed E-state index contributed by atoms with van der Waals surface area (Å²) in [7, 11) is 0. The molecule has 1 aromatic rings. The van der Waals surface area contributed by atoms with Crippen LogP contribution in [0.15, 0.2) is 24.3 Å². The highest BCUT2D eigenvalue weighted by Crippen LogP contribution is 2.24. The number of nitrogens with one attached hydrogen (secondary N) is 1. The maximum atomic E-state index is 12.5. The van der Waals surface area contributed by atoms with E-state index in [1.165, 1.54) is 24.3 Å². The molecule has 0 bridgehead atoms. The highest BCUT2D eigenvalue weighted by Gasteiger charge is 2.54. The molecule has 0 aliphatic heterocycles. The van der Waals surface area contributed by atoms with Crippen LogP contribution in [-0.2, 0) is 14.4 Å². The number of hydrogen-bond donors (Lipinski definition) is 1. The highest BCUT2D eigenvalue weighted by molar-refractivity contribution is 6.41. The van der Waals surface area contributed by atoms with Gasteiger partial charge < -0.3 is 5.32 Å². The van der Waals surface area contributed by atoms with Gasteiger partial charge in [-0.1, -0.05) is 13.8 Å². The van der Waals surface area contributed by atoms with Gasteiger partial charge in [-0.15, -0.1) is 0 Å². The van der Waals surface area contributed by atoms with Crippen molar-refractivity contribution < 1.29 is 45.1 Å². The first-order valence-corrected chi connectivity index (χ1v) is 6.45. The van der Waals surface area contributed by atoms with Crippen molar-refractivity contribution in [1.82, 2.24) is 0 Å². The van der Waals surface area contributed by atoms with Crippen LogP contribution in [0.25, 0.3) is 0 Å². The average Bonchev–Trinajstić information content (AvgIpc) is 2.46. The van der Waals surface area contributed by atoms with Crippen LogP contribution in [-0.4, -0.2) is 29.8 Å². The Hall–Kier alpha value is -2.46. The number of anilines is 1. The van der Waals surface area contributed by atoms with Crippen molar-refractivity contribution >= 4 is 23.2 Å². The van der Waals surface area contributed by atoms with E-state index < -0.39 is 23.9 Å².